The van der Waals surface area contributed by atoms with Crippen molar-refractivity contribution in [1.82, 2.24) is 4.98 Å². The highest BCUT2D eigenvalue weighted by atomic mass is 79.9. The molecule has 2 rings (SSSR count). The molecule has 4 nitrogen and oxygen atoms in total. The van der Waals surface area contributed by atoms with E-state index in [0.717, 1.165) is 17.3 Å². The van der Waals surface area contributed by atoms with Crippen molar-refractivity contribution in [3.05, 3.63) is 22.9 Å². The van der Waals surface area contributed by atoms with Crippen molar-refractivity contribution in [3.8, 4) is 0 Å². The number of sulfonamides is 1. The van der Waals surface area contributed by atoms with Crippen LogP contribution in [0.15, 0.2) is 22.9 Å². The number of hydrogen-bond donors (Lipinski definition) is 0. The molecule has 1 heterocycles. The van der Waals surface area contributed by atoms with E-state index < -0.39 is 10.0 Å². The summed E-state index contributed by atoms with van der Waals surface area (Å²) in [7, 11) is -1.60. The molecule has 1 aromatic heterocycles. The summed E-state index contributed by atoms with van der Waals surface area (Å²) in [5.41, 5.74) is 0.594. The second-order valence-electron chi connectivity index (χ2n) is 3.57. The summed E-state index contributed by atoms with van der Waals surface area (Å²) in [5.74, 6) is 0. The monoisotopic (exact) mass is 290 g/mol. The van der Waals surface area contributed by atoms with Crippen LogP contribution >= 0.6 is 15.9 Å². The van der Waals surface area contributed by atoms with E-state index in [2.05, 4.69) is 20.9 Å². The van der Waals surface area contributed by atoms with E-state index in [4.69, 9.17) is 0 Å². The smallest absolute Gasteiger partial charge is 0.237 e. The standard InChI is InChI=1S/C9H11BrN2O2S/c1-12(15(13,14)9-2-3-9)8-4-7(10)5-11-6-8/h4-6,9H,2-3H2,1H3. The van der Waals surface area contributed by atoms with Gasteiger partial charge in [-0.25, -0.2) is 8.42 Å². The average molecular weight is 291 g/mol. The molecular formula is C9H11BrN2O2S. The molecule has 6 heteroatoms. The Morgan fingerprint density at radius 2 is 2.13 bits per heavy atom. The first-order valence-electron chi connectivity index (χ1n) is 4.60. The zero-order chi connectivity index (χ0) is 11.1. The number of nitrogens with zero attached hydrogens (tertiary/aromatic N) is 2. The molecule has 0 unspecified atom stereocenters. The third-order valence-electron chi connectivity index (χ3n) is 2.38. The van der Waals surface area contributed by atoms with Crippen LogP contribution in [0.3, 0.4) is 0 Å². The van der Waals surface area contributed by atoms with Crippen LogP contribution in [0.4, 0.5) is 5.69 Å². The first-order chi connectivity index (χ1) is 7.01. The molecule has 1 aliphatic rings. The van der Waals surface area contributed by atoms with Crippen LogP contribution in [0, 0.1) is 0 Å². The van der Waals surface area contributed by atoms with Crippen molar-refractivity contribution in [2.75, 3.05) is 11.4 Å². The van der Waals surface area contributed by atoms with Gasteiger partial charge in [0.1, 0.15) is 0 Å². The largest absolute Gasteiger partial charge is 0.271 e. The first kappa shape index (κ1) is 10.9. The van der Waals surface area contributed by atoms with Gasteiger partial charge in [0.15, 0.2) is 0 Å². The Bertz CT molecular complexity index is 471. The van der Waals surface area contributed by atoms with Crippen molar-refractivity contribution >= 4 is 31.6 Å². The van der Waals surface area contributed by atoms with Crippen molar-refractivity contribution in [3.63, 3.8) is 0 Å². The van der Waals surface area contributed by atoms with Crippen LogP contribution in [0.5, 0.6) is 0 Å². The highest BCUT2D eigenvalue weighted by Gasteiger charge is 2.38. The highest BCUT2D eigenvalue weighted by molar-refractivity contribution is 9.10. The molecule has 0 aromatic carbocycles. The quantitative estimate of drug-likeness (QED) is 0.853. The van der Waals surface area contributed by atoms with Crippen LogP contribution < -0.4 is 4.31 Å². The van der Waals surface area contributed by atoms with E-state index in [1.165, 1.54) is 4.31 Å². The molecule has 1 aromatic rings. The lowest BCUT2D eigenvalue weighted by molar-refractivity contribution is 0.593. The van der Waals surface area contributed by atoms with Crippen LogP contribution in [-0.4, -0.2) is 25.7 Å². The van der Waals surface area contributed by atoms with Gasteiger partial charge in [0.05, 0.1) is 17.1 Å². The van der Waals surface area contributed by atoms with Gasteiger partial charge >= 0.3 is 0 Å². The van der Waals surface area contributed by atoms with E-state index in [1.54, 1.807) is 25.5 Å². The topological polar surface area (TPSA) is 50.3 Å². The minimum atomic E-state index is -3.16. The van der Waals surface area contributed by atoms with Gasteiger partial charge in [-0.3, -0.25) is 9.29 Å². The summed E-state index contributed by atoms with van der Waals surface area (Å²) in [6.45, 7) is 0. The average Bonchev–Trinajstić information content (AvgIpc) is 2.99. The molecular weight excluding hydrogens is 280 g/mol. The predicted octanol–water partition coefficient (Wildman–Crippen LogP) is 1.77. The number of rotatable bonds is 3. The maximum atomic E-state index is 11.9. The number of halogens is 1. The fraction of sp³-hybridized carbons (Fsp3) is 0.444. The molecule has 82 valence electrons. The summed E-state index contributed by atoms with van der Waals surface area (Å²) >= 11 is 3.27. The van der Waals surface area contributed by atoms with Gasteiger partial charge in [-0.05, 0) is 34.8 Å². The third kappa shape index (κ3) is 2.15. The van der Waals surface area contributed by atoms with Crippen molar-refractivity contribution < 1.29 is 8.42 Å². The molecule has 0 radical (unpaired) electrons. The minimum Gasteiger partial charge on any atom is -0.271 e. The molecule has 0 spiro atoms. The lowest BCUT2D eigenvalue weighted by atomic mass is 10.4. The van der Waals surface area contributed by atoms with Crippen LogP contribution in [0.2, 0.25) is 0 Å². The van der Waals surface area contributed by atoms with Crippen LogP contribution in [0.1, 0.15) is 12.8 Å². The van der Waals surface area contributed by atoms with E-state index in [1.807, 2.05) is 0 Å². The molecule has 1 saturated carbocycles. The molecule has 1 aliphatic carbocycles. The summed E-state index contributed by atoms with van der Waals surface area (Å²) in [4.78, 5) is 3.95. The van der Waals surface area contributed by atoms with Gasteiger partial charge in [0, 0.05) is 17.7 Å². The van der Waals surface area contributed by atoms with Crippen molar-refractivity contribution in [2.24, 2.45) is 0 Å². The zero-order valence-electron chi connectivity index (χ0n) is 8.22. The Kier molecular flexibility index (Phi) is 2.72. The molecule has 0 saturated heterocycles. The van der Waals surface area contributed by atoms with Crippen molar-refractivity contribution in [1.29, 1.82) is 0 Å². The van der Waals surface area contributed by atoms with Gasteiger partial charge in [0.2, 0.25) is 10.0 Å². The zero-order valence-corrected chi connectivity index (χ0v) is 10.6. The first-order valence-corrected chi connectivity index (χ1v) is 6.90. The van der Waals surface area contributed by atoms with E-state index >= 15 is 0 Å². The SMILES string of the molecule is CN(c1cncc(Br)c1)S(=O)(=O)C1CC1. The molecule has 15 heavy (non-hydrogen) atoms. The minimum absolute atomic E-state index is 0.193. The van der Waals surface area contributed by atoms with E-state index in [-0.39, 0.29) is 5.25 Å². The lowest BCUT2D eigenvalue weighted by Crippen LogP contribution is -2.29. The second kappa shape index (κ2) is 3.75. The Morgan fingerprint density at radius 1 is 1.47 bits per heavy atom. The summed E-state index contributed by atoms with van der Waals surface area (Å²) in [5, 5.41) is -0.193. The predicted molar refractivity (Wildman–Crippen MR) is 62.3 cm³/mol. The number of hydrogen-bond acceptors (Lipinski definition) is 3. The van der Waals surface area contributed by atoms with Gasteiger partial charge in [-0.15, -0.1) is 0 Å². The normalized spacial score (nSPS) is 16.4. The Labute approximate surface area is 97.5 Å². The molecule has 0 amide bonds. The van der Waals surface area contributed by atoms with E-state index in [0.29, 0.717) is 5.69 Å². The summed E-state index contributed by atoms with van der Waals surface area (Å²) in [6.07, 6.45) is 4.72. The van der Waals surface area contributed by atoms with Crippen molar-refractivity contribution in [2.45, 2.75) is 18.1 Å². The molecule has 0 atom stereocenters. The second-order valence-corrected chi connectivity index (χ2v) is 6.73. The van der Waals surface area contributed by atoms with Crippen LogP contribution in [-0.2, 0) is 10.0 Å². The van der Waals surface area contributed by atoms with Crippen LogP contribution in [0.25, 0.3) is 0 Å². The molecule has 0 aliphatic heterocycles. The molecule has 0 N–H and O–H groups in total. The Balaban J connectivity index is 2.31. The highest BCUT2D eigenvalue weighted by Crippen LogP contribution is 2.32. The third-order valence-corrected chi connectivity index (χ3v) is 5.10. The van der Waals surface area contributed by atoms with Gasteiger partial charge in [0.25, 0.3) is 0 Å². The fourth-order valence-corrected chi connectivity index (χ4v) is 3.23. The van der Waals surface area contributed by atoms with Gasteiger partial charge in [-0.2, -0.15) is 0 Å². The maximum absolute atomic E-state index is 11.9. The number of anilines is 1. The lowest BCUT2D eigenvalue weighted by Gasteiger charge is -2.18. The number of pyridine rings is 1. The molecule has 0 bridgehead atoms. The summed E-state index contributed by atoms with van der Waals surface area (Å²) in [6, 6.07) is 1.74. The Hall–Kier alpha value is -0.620. The number of aromatic nitrogens is 1. The molecule has 1 fully saturated rings. The van der Waals surface area contributed by atoms with Gasteiger partial charge in [-0.1, -0.05) is 0 Å². The summed E-state index contributed by atoms with van der Waals surface area (Å²) < 4.78 is 25.9. The maximum Gasteiger partial charge on any atom is 0.237 e. The Morgan fingerprint density at radius 3 is 2.67 bits per heavy atom. The fourth-order valence-electron chi connectivity index (χ4n) is 1.31. The van der Waals surface area contributed by atoms with Gasteiger partial charge < -0.3 is 0 Å². The van der Waals surface area contributed by atoms with E-state index in [9.17, 15) is 8.42 Å².